The van der Waals surface area contributed by atoms with Crippen LogP contribution >= 0.6 is 11.6 Å². The summed E-state index contributed by atoms with van der Waals surface area (Å²) in [5.74, 6) is -2.28. The Kier molecular flexibility index (Phi) is 6.32. The van der Waals surface area contributed by atoms with E-state index in [0.29, 0.717) is 6.42 Å². The van der Waals surface area contributed by atoms with Gasteiger partial charge in [-0.15, -0.1) is 0 Å². The molecule has 1 aromatic carbocycles. The van der Waals surface area contributed by atoms with Crippen LogP contribution < -0.4 is 10.6 Å². The zero-order valence-electron chi connectivity index (χ0n) is 12.7. The molecule has 0 aliphatic carbocycles. The second-order valence-electron chi connectivity index (χ2n) is 5.98. The molecule has 3 N–H and O–H groups in total. The Morgan fingerprint density at radius 2 is 2.00 bits per heavy atom. The van der Waals surface area contributed by atoms with Crippen LogP contribution in [0.4, 0.5) is 10.1 Å². The number of carbonyl (C=O) groups is 2. The Morgan fingerprint density at radius 3 is 2.55 bits per heavy atom. The third kappa shape index (κ3) is 5.99. The molecule has 0 saturated carbocycles. The first-order chi connectivity index (χ1) is 10.1. The molecule has 0 spiro atoms. The van der Waals surface area contributed by atoms with Crippen LogP contribution in [0.2, 0.25) is 5.02 Å². The number of rotatable bonds is 5. The molecule has 5 nitrogen and oxygen atoms in total. The highest BCUT2D eigenvalue weighted by Gasteiger charge is 2.23. The number of nitrogens with one attached hydrogen (secondary N) is 2. The van der Waals surface area contributed by atoms with E-state index in [9.17, 15) is 19.1 Å². The summed E-state index contributed by atoms with van der Waals surface area (Å²) in [5, 5.41) is 14.1. The van der Waals surface area contributed by atoms with E-state index in [1.54, 1.807) is 6.92 Å². The molecular formula is C15H20ClFN2O3. The normalized spacial score (nSPS) is 12.6. The number of carbonyl (C=O) groups excluding carboxylic acids is 2. The van der Waals surface area contributed by atoms with Crippen molar-refractivity contribution in [3.63, 3.8) is 0 Å². The number of hydrogen-bond acceptors (Lipinski definition) is 3. The average Bonchev–Trinajstić information content (AvgIpc) is 2.39. The van der Waals surface area contributed by atoms with E-state index in [2.05, 4.69) is 10.6 Å². The molecule has 122 valence electrons. The Morgan fingerprint density at radius 1 is 1.36 bits per heavy atom. The van der Waals surface area contributed by atoms with E-state index in [-0.39, 0.29) is 22.7 Å². The maximum atomic E-state index is 13.0. The van der Waals surface area contributed by atoms with Crippen LogP contribution in [0, 0.1) is 11.2 Å². The Hall–Kier alpha value is -1.66. The summed E-state index contributed by atoms with van der Waals surface area (Å²) < 4.78 is 13.0. The summed E-state index contributed by atoms with van der Waals surface area (Å²) in [6.07, 6.45) is -0.00951. The van der Waals surface area contributed by atoms with Gasteiger partial charge in [-0.1, -0.05) is 25.4 Å². The molecule has 0 aliphatic heterocycles. The predicted octanol–water partition coefficient (Wildman–Crippen LogP) is 2.33. The Labute approximate surface area is 133 Å². The van der Waals surface area contributed by atoms with E-state index < -0.39 is 23.7 Å². The van der Waals surface area contributed by atoms with Gasteiger partial charge in [-0.3, -0.25) is 9.59 Å². The van der Waals surface area contributed by atoms with E-state index in [0.717, 1.165) is 6.07 Å². The number of halogens is 2. The van der Waals surface area contributed by atoms with Crippen molar-refractivity contribution in [1.82, 2.24) is 5.32 Å². The molecule has 0 aromatic heterocycles. The summed E-state index contributed by atoms with van der Waals surface area (Å²) in [5.41, 5.74) is -0.113. The topological polar surface area (TPSA) is 78.4 Å². The molecule has 1 unspecified atom stereocenters. The summed E-state index contributed by atoms with van der Waals surface area (Å²) in [6, 6.07) is 3.63. The minimum atomic E-state index is -0.865. The second-order valence-corrected chi connectivity index (χ2v) is 6.39. The number of anilines is 1. The maximum Gasteiger partial charge on any atom is 0.313 e. The number of aliphatic hydroxyl groups excluding tert-OH is 1. The maximum absolute atomic E-state index is 13.0. The minimum Gasteiger partial charge on any atom is -0.393 e. The first-order valence-corrected chi connectivity index (χ1v) is 7.21. The molecule has 7 heteroatoms. The zero-order chi connectivity index (χ0) is 16.9. The summed E-state index contributed by atoms with van der Waals surface area (Å²) >= 11 is 5.60. The van der Waals surface area contributed by atoms with E-state index in [1.165, 1.54) is 12.1 Å². The van der Waals surface area contributed by atoms with Gasteiger partial charge in [-0.2, -0.15) is 0 Å². The highest BCUT2D eigenvalue weighted by Crippen LogP contribution is 2.21. The minimum absolute atomic E-state index is 0.142. The number of benzene rings is 1. The lowest BCUT2D eigenvalue weighted by atomic mass is 9.87. The van der Waals surface area contributed by atoms with Crippen molar-refractivity contribution >= 4 is 29.1 Å². The molecule has 1 atom stereocenters. The van der Waals surface area contributed by atoms with Crippen LogP contribution in [-0.4, -0.2) is 29.6 Å². The number of aliphatic hydroxyl groups is 1. The highest BCUT2D eigenvalue weighted by atomic mass is 35.5. The van der Waals surface area contributed by atoms with Crippen molar-refractivity contribution in [2.45, 2.75) is 33.3 Å². The fraction of sp³-hybridized carbons (Fsp3) is 0.467. The van der Waals surface area contributed by atoms with Crippen LogP contribution in [0.3, 0.4) is 0 Å². The lowest BCUT2D eigenvalue weighted by molar-refractivity contribution is -0.136. The van der Waals surface area contributed by atoms with Gasteiger partial charge in [0.1, 0.15) is 5.82 Å². The molecule has 0 saturated heterocycles. The number of amides is 2. The zero-order valence-corrected chi connectivity index (χ0v) is 13.5. The lowest BCUT2D eigenvalue weighted by Gasteiger charge is -2.26. The van der Waals surface area contributed by atoms with Crippen molar-refractivity contribution in [2.24, 2.45) is 5.41 Å². The quantitative estimate of drug-likeness (QED) is 0.725. The monoisotopic (exact) mass is 330 g/mol. The molecule has 0 heterocycles. The van der Waals surface area contributed by atoms with Gasteiger partial charge in [0.2, 0.25) is 0 Å². The average molecular weight is 331 g/mol. The van der Waals surface area contributed by atoms with Gasteiger partial charge >= 0.3 is 11.8 Å². The van der Waals surface area contributed by atoms with E-state index >= 15 is 0 Å². The van der Waals surface area contributed by atoms with Gasteiger partial charge < -0.3 is 15.7 Å². The molecule has 22 heavy (non-hydrogen) atoms. The lowest BCUT2D eigenvalue weighted by Crippen LogP contribution is -2.41. The second kappa shape index (κ2) is 7.56. The third-order valence-corrected chi connectivity index (χ3v) is 3.25. The highest BCUT2D eigenvalue weighted by molar-refractivity contribution is 6.39. The van der Waals surface area contributed by atoms with Crippen LogP contribution in [0.15, 0.2) is 18.2 Å². The van der Waals surface area contributed by atoms with Gasteiger partial charge in [0.05, 0.1) is 11.1 Å². The fourth-order valence-corrected chi connectivity index (χ4v) is 2.21. The van der Waals surface area contributed by atoms with Crippen molar-refractivity contribution in [2.75, 3.05) is 11.9 Å². The molecule has 0 bridgehead atoms. The summed E-state index contributed by atoms with van der Waals surface area (Å²) in [6.45, 7) is 5.65. The van der Waals surface area contributed by atoms with Crippen molar-refractivity contribution in [3.05, 3.63) is 29.0 Å². The Balaban J connectivity index is 2.55. The van der Waals surface area contributed by atoms with Gasteiger partial charge in [0.15, 0.2) is 0 Å². The largest absolute Gasteiger partial charge is 0.393 e. The van der Waals surface area contributed by atoms with Crippen molar-refractivity contribution in [3.8, 4) is 0 Å². The van der Waals surface area contributed by atoms with Gasteiger partial charge in [0.25, 0.3) is 0 Å². The molecule has 0 fully saturated rings. The summed E-state index contributed by atoms with van der Waals surface area (Å²) in [7, 11) is 0. The molecule has 0 radical (unpaired) electrons. The van der Waals surface area contributed by atoms with Crippen LogP contribution in [0.5, 0.6) is 0 Å². The molecule has 0 aliphatic rings. The van der Waals surface area contributed by atoms with Crippen molar-refractivity contribution in [1.29, 1.82) is 0 Å². The molecule has 2 amide bonds. The first-order valence-electron chi connectivity index (χ1n) is 6.83. The third-order valence-electron chi connectivity index (χ3n) is 2.96. The van der Waals surface area contributed by atoms with Gasteiger partial charge in [-0.25, -0.2) is 4.39 Å². The molecule has 1 rings (SSSR count). The van der Waals surface area contributed by atoms with Crippen LogP contribution in [-0.2, 0) is 9.59 Å². The first kappa shape index (κ1) is 18.4. The van der Waals surface area contributed by atoms with Gasteiger partial charge in [-0.05, 0) is 37.0 Å². The smallest absolute Gasteiger partial charge is 0.313 e. The molecule has 1 aromatic rings. The van der Waals surface area contributed by atoms with E-state index in [4.69, 9.17) is 11.6 Å². The predicted molar refractivity (Wildman–Crippen MR) is 83.1 cm³/mol. The number of hydrogen-bond donors (Lipinski definition) is 3. The van der Waals surface area contributed by atoms with Crippen LogP contribution in [0.25, 0.3) is 0 Å². The fourth-order valence-electron chi connectivity index (χ4n) is 2.03. The Bertz CT molecular complexity index is 562. The van der Waals surface area contributed by atoms with Gasteiger partial charge in [0, 0.05) is 12.2 Å². The molecular weight excluding hydrogens is 311 g/mol. The SMILES string of the molecule is CC(O)CC(C)(C)CNC(=O)C(=O)Nc1ccc(F)c(Cl)c1. The van der Waals surface area contributed by atoms with Crippen molar-refractivity contribution < 1.29 is 19.1 Å². The van der Waals surface area contributed by atoms with Crippen LogP contribution in [0.1, 0.15) is 27.2 Å². The standard InChI is InChI=1S/C15H20ClFN2O3/c1-9(20)7-15(2,3)8-18-13(21)14(22)19-10-4-5-12(17)11(16)6-10/h4-6,9,20H,7-8H2,1-3H3,(H,18,21)(H,19,22). The van der Waals surface area contributed by atoms with E-state index in [1.807, 2.05) is 13.8 Å². The summed E-state index contributed by atoms with van der Waals surface area (Å²) in [4.78, 5) is 23.5.